The number of carbonyl (C=O) groups excluding carboxylic acids is 1. The Bertz CT molecular complexity index is 685. The van der Waals surface area contributed by atoms with Crippen LogP contribution in [0.1, 0.15) is 57.3 Å². The van der Waals surface area contributed by atoms with Crippen LogP contribution in [0.15, 0.2) is 47.6 Å². The lowest BCUT2D eigenvalue weighted by molar-refractivity contribution is -0.0348. The van der Waals surface area contributed by atoms with Crippen LogP contribution in [0.5, 0.6) is 5.75 Å². The van der Waals surface area contributed by atoms with Gasteiger partial charge < -0.3 is 14.9 Å². The first-order chi connectivity index (χ1) is 12.8. The van der Waals surface area contributed by atoms with Gasteiger partial charge in [-0.25, -0.2) is 0 Å². The molecule has 0 aliphatic heterocycles. The molecule has 1 aromatic rings. The lowest BCUT2D eigenvalue weighted by Gasteiger charge is -2.34. The van der Waals surface area contributed by atoms with Gasteiger partial charge >= 0.3 is 0 Å². The van der Waals surface area contributed by atoms with E-state index in [1.807, 2.05) is 6.08 Å². The first kappa shape index (κ1) is 21.4. The van der Waals surface area contributed by atoms with Crippen LogP contribution in [0.3, 0.4) is 0 Å². The van der Waals surface area contributed by atoms with Crippen LogP contribution in [0.2, 0.25) is 0 Å². The number of benzene rings is 1. The Morgan fingerprint density at radius 3 is 2.48 bits per heavy atom. The zero-order valence-electron chi connectivity index (χ0n) is 16.8. The highest BCUT2D eigenvalue weighted by atomic mass is 16.5. The number of phenolic OH excluding ortho intramolecular Hbond substituents is 1. The molecule has 2 N–H and O–H groups in total. The minimum absolute atomic E-state index is 0.0403. The van der Waals surface area contributed by atoms with E-state index in [2.05, 4.69) is 33.8 Å². The van der Waals surface area contributed by atoms with Gasteiger partial charge in [0.15, 0.2) is 5.78 Å². The number of carbonyl (C=O) groups is 1. The second-order valence-electron chi connectivity index (χ2n) is 7.94. The third kappa shape index (κ3) is 6.33. The molecule has 0 fully saturated rings. The first-order valence-corrected chi connectivity index (χ1v) is 9.72. The fourth-order valence-corrected chi connectivity index (χ4v) is 3.70. The van der Waals surface area contributed by atoms with Gasteiger partial charge in [-0.2, -0.15) is 0 Å². The molecule has 1 aliphatic rings. The SMILES string of the molecule is C/C1=C\C(O)C(C(C)C)C(OCC(=O)c2ccc(O)cc2)C/C(C)=C/CC1. The molecule has 1 aliphatic carbocycles. The lowest BCUT2D eigenvalue weighted by Crippen LogP contribution is -2.38. The normalized spacial score (nSPS) is 28.1. The number of ether oxygens (including phenoxy) is 1. The molecule has 0 saturated heterocycles. The van der Waals surface area contributed by atoms with E-state index in [4.69, 9.17) is 4.74 Å². The van der Waals surface area contributed by atoms with Gasteiger partial charge in [0.25, 0.3) is 0 Å². The van der Waals surface area contributed by atoms with Crippen LogP contribution in [0.25, 0.3) is 0 Å². The minimum Gasteiger partial charge on any atom is -0.508 e. The third-order valence-corrected chi connectivity index (χ3v) is 5.22. The molecule has 3 unspecified atom stereocenters. The molecule has 27 heavy (non-hydrogen) atoms. The van der Waals surface area contributed by atoms with Gasteiger partial charge in [-0.15, -0.1) is 0 Å². The molecule has 3 atom stereocenters. The molecule has 0 saturated carbocycles. The standard InChI is InChI=1S/C23H32O4/c1-15(2)23-20(25)12-16(3)6-5-7-17(4)13-22(23)27-14-21(26)18-8-10-19(24)11-9-18/h7-12,15,20,22-25H,5-6,13-14H2,1-4H3/b16-12+,17-7+. The van der Waals surface area contributed by atoms with E-state index in [1.165, 1.54) is 23.3 Å². The molecular weight excluding hydrogens is 340 g/mol. The number of aromatic hydroxyl groups is 1. The second-order valence-corrected chi connectivity index (χ2v) is 7.94. The molecule has 0 amide bonds. The van der Waals surface area contributed by atoms with Crippen LogP contribution >= 0.6 is 0 Å². The fraction of sp³-hybridized carbons (Fsp3) is 0.522. The second kappa shape index (κ2) is 9.86. The van der Waals surface area contributed by atoms with E-state index >= 15 is 0 Å². The van der Waals surface area contributed by atoms with Gasteiger partial charge in [-0.1, -0.05) is 37.1 Å². The van der Waals surface area contributed by atoms with Crippen molar-refractivity contribution >= 4 is 5.78 Å². The highest BCUT2D eigenvalue weighted by molar-refractivity contribution is 5.97. The van der Waals surface area contributed by atoms with Gasteiger partial charge in [0.2, 0.25) is 0 Å². The Balaban J connectivity index is 2.18. The van der Waals surface area contributed by atoms with Gasteiger partial charge in [0, 0.05) is 11.5 Å². The van der Waals surface area contributed by atoms with Crippen molar-refractivity contribution < 1.29 is 19.7 Å². The lowest BCUT2D eigenvalue weighted by atomic mass is 9.81. The summed E-state index contributed by atoms with van der Waals surface area (Å²) in [7, 11) is 0. The summed E-state index contributed by atoms with van der Waals surface area (Å²) in [6, 6.07) is 6.19. The summed E-state index contributed by atoms with van der Waals surface area (Å²) < 4.78 is 6.07. The predicted molar refractivity (Wildman–Crippen MR) is 108 cm³/mol. The van der Waals surface area contributed by atoms with Crippen molar-refractivity contribution in [2.45, 2.75) is 59.2 Å². The maximum absolute atomic E-state index is 12.5. The molecule has 0 bridgehead atoms. The number of phenols is 1. The highest BCUT2D eigenvalue weighted by Gasteiger charge is 2.32. The molecule has 4 nitrogen and oxygen atoms in total. The van der Waals surface area contributed by atoms with Crippen molar-refractivity contribution in [3.8, 4) is 5.75 Å². The maximum atomic E-state index is 12.5. The Morgan fingerprint density at radius 2 is 1.85 bits per heavy atom. The molecule has 0 spiro atoms. The molecule has 148 valence electrons. The number of hydrogen-bond donors (Lipinski definition) is 2. The highest BCUT2D eigenvalue weighted by Crippen LogP contribution is 2.30. The summed E-state index contributed by atoms with van der Waals surface area (Å²) in [5.41, 5.74) is 2.92. The summed E-state index contributed by atoms with van der Waals surface area (Å²) in [4.78, 5) is 12.5. The van der Waals surface area contributed by atoms with E-state index in [9.17, 15) is 15.0 Å². The van der Waals surface area contributed by atoms with E-state index in [0.717, 1.165) is 12.8 Å². The van der Waals surface area contributed by atoms with Gasteiger partial charge in [-0.3, -0.25) is 4.79 Å². The average molecular weight is 373 g/mol. The molecule has 0 radical (unpaired) electrons. The minimum atomic E-state index is -0.593. The summed E-state index contributed by atoms with van der Waals surface area (Å²) in [5, 5.41) is 20.2. The third-order valence-electron chi connectivity index (χ3n) is 5.22. The van der Waals surface area contributed by atoms with Gasteiger partial charge in [-0.05, 0) is 63.3 Å². The summed E-state index contributed by atoms with van der Waals surface area (Å²) >= 11 is 0. The molecule has 0 aromatic heterocycles. The number of aliphatic hydroxyl groups is 1. The molecule has 2 rings (SSSR count). The first-order valence-electron chi connectivity index (χ1n) is 9.72. The summed E-state index contributed by atoms with van der Waals surface area (Å²) in [6.45, 7) is 8.26. The van der Waals surface area contributed by atoms with Crippen LogP contribution in [-0.2, 0) is 4.74 Å². The van der Waals surface area contributed by atoms with Crippen LogP contribution < -0.4 is 0 Å². The molecule has 0 heterocycles. The van der Waals surface area contributed by atoms with Crippen molar-refractivity contribution in [3.63, 3.8) is 0 Å². The Kier molecular flexibility index (Phi) is 7.81. The number of ketones is 1. The Morgan fingerprint density at radius 1 is 1.19 bits per heavy atom. The molecule has 4 heteroatoms. The summed E-state index contributed by atoms with van der Waals surface area (Å²) in [6.07, 6.45) is 5.94. The van der Waals surface area contributed by atoms with Crippen molar-refractivity contribution in [1.82, 2.24) is 0 Å². The van der Waals surface area contributed by atoms with Crippen molar-refractivity contribution in [3.05, 3.63) is 53.1 Å². The number of hydrogen-bond acceptors (Lipinski definition) is 4. The predicted octanol–water partition coefficient (Wildman–Crippen LogP) is 4.67. The van der Waals surface area contributed by atoms with E-state index in [1.54, 1.807) is 12.1 Å². The van der Waals surface area contributed by atoms with Crippen molar-refractivity contribution in [2.75, 3.05) is 6.61 Å². The van der Waals surface area contributed by atoms with Crippen LogP contribution in [0.4, 0.5) is 0 Å². The smallest absolute Gasteiger partial charge is 0.188 e. The van der Waals surface area contributed by atoms with Gasteiger partial charge in [0.05, 0.1) is 12.2 Å². The quantitative estimate of drug-likeness (QED) is 0.582. The largest absolute Gasteiger partial charge is 0.508 e. The van der Waals surface area contributed by atoms with E-state index in [-0.39, 0.29) is 36.1 Å². The van der Waals surface area contributed by atoms with E-state index in [0.29, 0.717) is 12.0 Å². The summed E-state index contributed by atoms with van der Waals surface area (Å²) in [5.74, 6) is 0.127. The zero-order valence-corrected chi connectivity index (χ0v) is 16.8. The van der Waals surface area contributed by atoms with E-state index < -0.39 is 6.10 Å². The van der Waals surface area contributed by atoms with Gasteiger partial charge in [0.1, 0.15) is 12.4 Å². The number of Topliss-reactive ketones (excluding diaryl/α,β-unsaturated/α-hetero) is 1. The molecule has 1 aromatic carbocycles. The topological polar surface area (TPSA) is 66.8 Å². The number of rotatable bonds is 5. The number of allylic oxidation sites excluding steroid dienone is 2. The fourth-order valence-electron chi connectivity index (χ4n) is 3.70. The van der Waals surface area contributed by atoms with Crippen LogP contribution in [-0.4, -0.2) is 34.8 Å². The monoisotopic (exact) mass is 372 g/mol. The van der Waals surface area contributed by atoms with Crippen molar-refractivity contribution in [2.24, 2.45) is 11.8 Å². The average Bonchev–Trinajstić information content (AvgIpc) is 2.59. The Hall–Kier alpha value is -1.91. The Labute approximate surface area is 162 Å². The zero-order chi connectivity index (χ0) is 20.0. The van der Waals surface area contributed by atoms with Crippen molar-refractivity contribution in [1.29, 1.82) is 0 Å². The van der Waals surface area contributed by atoms with Crippen LogP contribution in [0, 0.1) is 11.8 Å². The number of aliphatic hydroxyl groups excluding tert-OH is 1. The maximum Gasteiger partial charge on any atom is 0.188 e. The molecular formula is C23H32O4.